The summed E-state index contributed by atoms with van der Waals surface area (Å²) in [6.45, 7) is 6.97. The van der Waals surface area contributed by atoms with Crippen LogP contribution in [0.4, 0.5) is 5.13 Å². The number of hydrogen-bond acceptors (Lipinski definition) is 4. The van der Waals surface area contributed by atoms with E-state index in [2.05, 4.69) is 4.98 Å². The van der Waals surface area contributed by atoms with Crippen LogP contribution in [-0.2, 0) is 4.79 Å². The lowest BCUT2D eigenvalue weighted by molar-refractivity contribution is -0.121. The molecule has 1 rings (SSSR count). The van der Waals surface area contributed by atoms with Crippen LogP contribution < -0.4 is 4.90 Å². The summed E-state index contributed by atoms with van der Waals surface area (Å²) in [4.78, 5) is 29.4. The molecular formula is C11H16N2O2S. The number of ketones is 1. The maximum atomic E-state index is 11.7. The fraction of sp³-hybridized carbons (Fsp3) is 0.545. The molecule has 0 aliphatic carbocycles. The van der Waals surface area contributed by atoms with E-state index in [1.807, 2.05) is 13.8 Å². The average Bonchev–Trinajstić information content (AvgIpc) is 2.58. The van der Waals surface area contributed by atoms with Crippen LogP contribution in [0, 0.1) is 12.8 Å². The number of aromatic nitrogens is 1. The zero-order chi connectivity index (χ0) is 12.5. The Kier molecular flexibility index (Phi) is 3.80. The SMILES string of the molecule is CC(=O)c1sc(N(C)C(=O)C(C)C)nc1C. The van der Waals surface area contributed by atoms with Gasteiger partial charge in [0, 0.05) is 19.9 Å². The Hall–Kier alpha value is -1.23. The van der Waals surface area contributed by atoms with Crippen LogP contribution in [0.15, 0.2) is 0 Å². The first-order valence-corrected chi connectivity index (χ1v) is 5.92. The first kappa shape index (κ1) is 12.8. The Morgan fingerprint density at radius 3 is 2.31 bits per heavy atom. The number of carbonyl (C=O) groups is 2. The molecule has 0 aliphatic rings. The lowest BCUT2D eigenvalue weighted by Crippen LogP contribution is -2.30. The molecule has 0 aromatic carbocycles. The molecule has 1 amide bonds. The Balaban J connectivity index is 3.02. The summed E-state index contributed by atoms with van der Waals surface area (Å²) < 4.78 is 0. The largest absolute Gasteiger partial charge is 0.294 e. The Labute approximate surface area is 99.3 Å². The van der Waals surface area contributed by atoms with Crippen molar-refractivity contribution < 1.29 is 9.59 Å². The molecule has 88 valence electrons. The van der Waals surface area contributed by atoms with Gasteiger partial charge in [0.15, 0.2) is 10.9 Å². The van der Waals surface area contributed by atoms with E-state index in [9.17, 15) is 9.59 Å². The van der Waals surface area contributed by atoms with Gasteiger partial charge >= 0.3 is 0 Å². The van der Waals surface area contributed by atoms with E-state index < -0.39 is 0 Å². The normalized spacial score (nSPS) is 10.6. The van der Waals surface area contributed by atoms with Gasteiger partial charge in [-0.05, 0) is 6.92 Å². The number of anilines is 1. The average molecular weight is 240 g/mol. The summed E-state index contributed by atoms with van der Waals surface area (Å²) in [6, 6.07) is 0. The predicted octanol–water partition coefficient (Wildman–Crippen LogP) is 2.27. The van der Waals surface area contributed by atoms with E-state index in [0.717, 1.165) is 0 Å². The lowest BCUT2D eigenvalue weighted by Gasteiger charge is -2.15. The summed E-state index contributed by atoms with van der Waals surface area (Å²) in [5.74, 6) is -0.0783. The summed E-state index contributed by atoms with van der Waals surface area (Å²) in [6.07, 6.45) is 0. The van der Waals surface area contributed by atoms with Crippen molar-refractivity contribution in [3.05, 3.63) is 10.6 Å². The number of aryl methyl sites for hydroxylation is 1. The highest BCUT2D eigenvalue weighted by Crippen LogP contribution is 2.26. The minimum absolute atomic E-state index is 0.00357. The number of rotatable bonds is 3. The van der Waals surface area contributed by atoms with Crippen LogP contribution in [0.1, 0.15) is 36.1 Å². The summed E-state index contributed by atoms with van der Waals surface area (Å²) >= 11 is 1.27. The molecular weight excluding hydrogens is 224 g/mol. The van der Waals surface area contributed by atoms with Gasteiger partial charge in [0.25, 0.3) is 0 Å². The van der Waals surface area contributed by atoms with Crippen LogP contribution in [0.25, 0.3) is 0 Å². The fourth-order valence-electron chi connectivity index (χ4n) is 1.33. The fourth-order valence-corrected chi connectivity index (χ4v) is 2.26. The molecule has 0 unspecified atom stereocenters. The van der Waals surface area contributed by atoms with Crippen molar-refractivity contribution in [2.75, 3.05) is 11.9 Å². The van der Waals surface area contributed by atoms with Crippen LogP contribution in [0.2, 0.25) is 0 Å². The minimum atomic E-state index is -0.0741. The van der Waals surface area contributed by atoms with Crippen LogP contribution in [-0.4, -0.2) is 23.7 Å². The van der Waals surface area contributed by atoms with E-state index >= 15 is 0 Å². The second-order valence-corrected chi connectivity index (χ2v) is 5.00. The number of Topliss-reactive ketones (excluding diaryl/α,β-unsaturated/α-hetero) is 1. The van der Waals surface area contributed by atoms with E-state index in [0.29, 0.717) is 15.7 Å². The van der Waals surface area contributed by atoms with Crippen molar-refractivity contribution in [1.82, 2.24) is 4.98 Å². The van der Waals surface area contributed by atoms with Crippen LogP contribution in [0.5, 0.6) is 0 Å². The smallest absolute Gasteiger partial charge is 0.231 e. The molecule has 0 N–H and O–H groups in total. The number of nitrogens with zero attached hydrogens (tertiary/aromatic N) is 2. The highest BCUT2D eigenvalue weighted by molar-refractivity contribution is 7.17. The van der Waals surface area contributed by atoms with Gasteiger partial charge in [0.2, 0.25) is 5.91 Å². The molecule has 0 saturated carbocycles. The molecule has 0 atom stereocenters. The molecule has 1 heterocycles. The molecule has 0 radical (unpaired) electrons. The van der Waals surface area contributed by atoms with Crippen molar-refractivity contribution in [3.63, 3.8) is 0 Å². The standard InChI is InChI=1S/C11H16N2O2S/c1-6(2)10(15)13(5)11-12-7(3)9(16-11)8(4)14/h6H,1-5H3. The monoisotopic (exact) mass is 240 g/mol. The van der Waals surface area contributed by atoms with Crippen molar-refractivity contribution in [3.8, 4) is 0 Å². The third-order valence-corrected chi connectivity index (χ3v) is 3.55. The number of carbonyl (C=O) groups excluding carboxylic acids is 2. The number of amides is 1. The molecule has 5 heteroatoms. The lowest BCUT2D eigenvalue weighted by atomic mass is 10.2. The van der Waals surface area contributed by atoms with Gasteiger partial charge in [0.05, 0.1) is 10.6 Å². The van der Waals surface area contributed by atoms with E-state index in [4.69, 9.17) is 0 Å². The van der Waals surface area contributed by atoms with Gasteiger partial charge in [0.1, 0.15) is 0 Å². The first-order valence-electron chi connectivity index (χ1n) is 5.10. The zero-order valence-electron chi connectivity index (χ0n) is 10.2. The Bertz CT molecular complexity index is 424. The molecule has 0 saturated heterocycles. The predicted molar refractivity (Wildman–Crippen MR) is 65.1 cm³/mol. The van der Waals surface area contributed by atoms with E-state index in [1.165, 1.54) is 23.2 Å². The number of hydrogen-bond donors (Lipinski definition) is 0. The van der Waals surface area contributed by atoms with Gasteiger partial charge in [-0.1, -0.05) is 25.2 Å². The summed E-state index contributed by atoms with van der Waals surface area (Å²) in [5.41, 5.74) is 0.691. The van der Waals surface area contributed by atoms with Crippen LogP contribution in [0.3, 0.4) is 0 Å². The third-order valence-electron chi connectivity index (χ3n) is 2.22. The minimum Gasteiger partial charge on any atom is -0.294 e. The highest BCUT2D eigenvalue weighted by Gasteiger charge is 2.20. The van der Waals surface area contributed by atoms with E-state index in [1.54, 1.807) is 14.0 Å². The van der Waals surface area contributed by atoms with Crippen molar-refractivity contribution in [2.24, 2.45) is 5.92 Å². The molecule has 16 heavy (non-hydrogen) atoms. The van der Waals surface area contributed by atoms with E-state index in [-0.39, 0.29) is 17.6 Å². The van der Waals surface area contributed by atoms with Gasteiger partial charge in [-0.25, -0.2) is 4.98 Å². The number of thiazole rings is 1. The quantitative estimate of drug-likeness (QED) is 0.761. The molecule has 1 aromatic rings. The Morgan fingerprint density at radius 2 is 1.94 bits per heavy atom. The topological polar surface area (TPSA) is 50.3 Å². The summed E-state index contributed by atoms with van der Waals surface area (Å²) in [7, 11) is 1.69. The highest BCUT2D eigenvalue weighted by atomic mass is 32.1. The van der Waals surface area contributed by atoms with Crippen molar-refractivity contribution in [1.29, 1.82) is 0 Å². The molecule has 1 aromatic heterocycles. The maximum Gasteiger partial charge on any atom is 0.231 e. The molecule has 0 aliphatic heterocycles. The third kappa shape index (κ3) is 2.47. The molecule has 0 bridgehead atoms. The summed E-state index contributed by atoms with van der Waals surface area (Å²) in [5, 5.41) is 0.585. The van der Waals surface area contributed by atoms with Gasteiger partial charge in [-0.15, -0.1) is 0 Å². The second kappa shape index (κ2) is 4.74. The molecule has 0 spiro atoms. The van der Waals surface area contributed by atoms with Gasteiger partial charge < -0.3 is 0 Å². The van der Waals surface area contributed by atoms with Crippen LogP contribution >= 0.6 is 11.3 Å². The maximum absolute atomic E-state index is 11.7. The van der Waals surface area contributed by atoms with Gasteiger partial charge in [-0.3, -0.25) is 14.5 Å². The second-order valence-electron chi connectivity index (χ2n) is 4.02. The van der Waals surface area contributed by atoms with Crippen molar-refractivity contribution in [2.45, 2.75) is 27.7 Å². The zero-order valence-corrected chi connectivity index (χ0v) is 11.0. The molecule has 0 fully saturated rings. The Morgan fingerprint density at radius 1 is 1.38 bits per heavy atom. The first-order chi connectivity index (χ1) is 7.34. The van der Waals surface area contributed by atoms with Crippen molar-refractivity contribution >= 4 is 28.2 Å². The molecule has 4 nitrogen and oxygen atoms in total. The van der Waals surface area contributed by atoms with Gasteiger partial charge in [-0.2, -0.15) is 0 Å².